The highest BCUT2D eigenvalue weighted by molar-refractivity contribution is 5.59. The average Bonchev–Trinajstić information content (AvgIpc) is 2.89. The van der Waals surface area contributed by atoms with Gasteiger partial charge in [0.15, 0.2) is 0 Å². The zero-order valence-corrected chi connectivity index (χ0v) is 14.6. The van der Waals surface area contributed by atoms with Gasteiger partial charge in [-0.1, -0.05) is 26.0 Å². The molecule has 0 radical (unpaired) electrons. The van der Waals surface area contributed by atoms with Crippen molar-refractivity contribution in [2.45, 2.75) is 64.7 Å². The zero-order chi connectivity index (χ0) is 16.2. The van der Waals surface area contributed by atoms with E-state index in [2.05, 4.69) is 37.9 Å². The highest BCUT2D eigenvalue weighted by Crippen LogP contribution is 2.60. The van der Waals surface area contributed by atoms with Crippen molar-refractivity contribution in [2.24, 2.45) is 23.0 Å². The molecule has 0 amide bonds. The van der Waals surface area contributed by atoms with Crippen LogP contribution in [0.5, 0.6) is 0 Å². The number of nitrogens with two attached hydrogens (primary N) is 1. The van der Waals surface area contributed by atoms with E-state index in [1.165, 1.54) is 50.5 Å². The van der Waals surface area contributed by atoms with Crippen LogP contribution in [0.4, 0.5) is 5.69 Å². The highest BCUT2D eigenvalue weighted by atomic mass is 15.0. The molecule has 4 unspecified atom stereocenters. The number of fused-ring (bicyclic) bond motifs is 5. The van der Waals surface area contributed by atoms with Crippen LogP contribution in [0.15, 0.2) is 24.5 Å². The van der Waals surface area contributed by atoms with Crippen LogP contribution in [0.25, 0.3) is 0 Å². The van der Waals surface area contributed by atoms with Crippen molar-refractivity contribution in [1.29, 1.82) is 0 Å². The van der Waals surface area contributed by atoms with Gasteiger partial charge in [-0.15, -0.1) is 0 Å². The molecular formula is C21H30N2. The molecule has 1 aromatic carbocycles. The molecule has 124 valence electrons. The van der Waals surface area contributed by atoms with Gasteiger partial charge < -0.3 is 11.1 Å². The van der Waals surface area contributed by atoms with Crippen LogP contribution in [0.3, 0.4) is 0 Å². The second-order valence-corrected chi connectivity index (χ2v) is 8.52. The molecule has 0 aliphatic heterocycles. The van der Waals surface area contributed by atoms with E-state index in [0.29, 0.717) is 11.2 Å². The second kappa shape index (κ2) is 5.29. The first-order valence-corrected chi connectivity index (χ1v) is 9.33. The summed E-state index contributed by atoms with van der Waals surface area (Å²) in [6.45, 7) is 8.54. The standard InChI is InChI=1S/C21H30N2/c1-13-11-18-15(12-20(13)23-14(2)22)6-7-17-16(18)8-10-21(3)9-4-5-19(17)21/h11-12,16-17,19,23H,2,4-10,22H2,1,3H3. The third-order valence-electron chi connectivity index (χ3n) is 7.15. The number of aryl methyl sites for hydroxylation is 2. The van der Waals surface area contributed by atoms with E-state index in [1.54, 1.807) is 11.1 Å². The first-order valence-electron chi connectivity index (χ1n) is 9.33. The maximum atomic E-state index is 5.74. The Morgan fingerprint density at radius 3 is 2.87 bits per heavy atom. The molecule has 2 heteroatoms. The molecule has 1 aromatic rings. The molecule has 0 aromatic heterocycles. The van der Waals surface area contributed by atoms with Crippen molar-refractivity contribution in [3.8, 4) is 0 Å². The van der Waals surface area contributed by atoms with Crippen molar-refractivity contribution in [2.75, 3.05) is 5.32 Å². The van der Waals surface area contributed by atoms with E-state index < -0.39 is 0 Å². The van der Waals surface area contributed by atoms with E-state index in [-0.39, 0.29) is 0 Å². The van der Waals surface area contributed by atoms with Crippen LogP contribution in [-0.2, 0) is 6.42 Å². The average molecular weight is 310 g/mol. The quantitative estimate of drug-likeness (QED) is 0.799. The summed E-state index contributed by atoms with van der Waals surface area (Å²) in [5, 5.41) is 3.22. The van der Waals surface area contributed by atoms with Crippen molar-refractivity contribution in [1.82, 2.24) is 0 Å². The predicted molar refractivity (Wildman–Crippen MR) is 97.4 cm³/mol. The molecule has 3 N–H and O–H groups in total. The fraction of sp³-hybridized carbons (Fsp3) is 0.619. The molecule has 4 atom stereocenters. The lowest BCUT2D eigenvalue weighted by molar-refractivity contribution is 0.0598. The number of anilines is 1. The van der Waals surface area contributed by atoms with E-state index in [4.69, 9.17) is 5.73 Å². The number of hydrogen-bond acceptors (Lipinski definition) is 2. The molecule has 2 fully saturated rings. The van der Waals surface area contributed by atoms with Crippen molar-refractivity contribution in [3.05, 3.63) is 41.2 Å². The van der Waals surface area contributed by atoms with Gasteiger partial charge in [0.25, 0.3) is 0 Å². The topological polar surface area (TPSA) is 38.0 Å². The van der Waals surface area contributed by atoms with Crippen LogP contribution in [0.1, 0.15) is 68.1 Å². The number of rotatable bonds is 2. The number of benzene rings is 1. The maximum Gasteiger partial charge on any atom is 0.0930 e. The summed E-state index contributed by atoms with van der Waals surface area (Å²) in [6.07, 6.45) is 9.82. The van der Waals surface area contributed by atoms with Gasteiger partial charge in [0, 0.05) is 5.69 Å². The smallest absolute Gasteiger partial charge is 0.0930 e. The van der Waals surface area contributed by atoms with Crippen LogP contribution in [-0.4, -0.2) is 0 Å². The predicted octanol–water partition coefficient (Wildman–Crippen LogP) is 5.08. The van der Waals surface area contributed by atoms with Crippen LogP contribution < -0.4 is 11.1 Å². The van der Waals surface area contributed by atoms with E-state index in [9.17, 15) is 0 Å². The number of hydrogen-bond donors (Lipinski definition) is 2. The first-order chi connectivity index (χ1) is 11.0. The van der Waals surface area contributed by atoms with E-state index in [1.807, 2.05) is 0 Å². The normalized spacial score (nSPS) is 35.1. The Balaban J connectivity index is 1.68. The molecular weight excluding hydrogens is 280 g/mol. The van der Waals surface area contributed by atoms with Gasteiger partial charge in [-0.2, -0.15) is 0 Å². The monoisotopic (exact) mass is 310 g/mol. The summed E-state index contributed by atoms with van der Waals surface area (Å²) in [5.74, 6) is 3.22. The molecule has 2 saturated carbocycles. The third-order valence-corrected chi connectivity index (χ3v) is 7.15. The molecule has 0 saturated heterocycles. The SMILES string of the molecule is C=C(N)Nc1cc2c(cc1C)C1CCC3(C)CCCC3C1CC2. The summed E-state index contributed by atoms with van der Waals surface area (Å²) in [7, 11) is 0. The van der Waals surface area contributed by atoms with E-state index in [0.717, 1.165) is 23.4 Å². The summed E-state index contributed by atoms with van der Waals surface area (Å²) in [5.41, 5.74) is 12.0. The Bertz CT molecular complexity index is 647. The second-order valence-electron chi connectivity index (χ2n) is 8.52. The van der Waals surface area contributed by atoms with Crippen molar-refractivity contribution < 1.29 is 0 Å². The van der Waals surface area contributed by atoms with E-state index >= 15 is 0 Å². The van der Waals surface area contributed by atoms with Gasteiger partial charge >= 0.3 is 0 Å². The first kappa shape index (κ1) is 15.1. The number of nitrogens with one attached hydrogen (secondary N) is 1. The van der Waals surface area contributed by atoms with Gasteiger partial charge in [0.1, 0.15) is 0 Å². The Morgan fingerprint density at radius 2 is 2.09 bits per heavy atom. The van der Waals surface area contributed by atoms with Crippen molar-refractivity contribution in [3.63, 3.8) is 0 Å². The molecule has 4 rings (SSSR count). The van der Waals surface area contributed by atoms with Crippen LogP contribution >= 0.6 is 0 Å². The molecule has 0 bridgehead atoms. The molecule has 0 spiro atoms. The summed E-state index contributed by atoms with van der Waals surface area (Å²) in [4.78, 5) is 0. The molecule has 2 nitrogen and oxygen atoms in total. The minimum absolute atomic E-state index is 0.529. The van der Waals surface area contributed by atoms with Crippen molar-refractivity contribution >= 4 is 5.69 Å². The lowest BCUT2D eigenvalue weighted by atomic mass is 9.56. The van der Waals surface area contributed by atoms with Gasteiger partial charge in [-0.05, 0) is 91.4 Å². The summed E-state index contributed by atoms with van der Waals surface area (Å²) in [6, 6.07) is 4.77. The fourth-order valence-corrected chi connectivity index (χ4v) is 6.04. The third kappa shape index (κ3) is 2.38. The van der Waals surface area contributed by atoms with Gasteiger partial charge in [0.2, 0.25) is 0 Å². The molecule has 0 heterocycles. The molecule has 3 aliphatic carbocycles. The molecule has 3 aliphatic rings. The minimum atomic E-state index is 0.529. The van der Waals surface area contributed by atoms with Gasteiger partial charge in [-0.25, -0.2) is 0 Å². The Morgan fingerprint density at radius 1 is 1.26 bits per heavy atom. The Hall–Kier alpha value is -1.44. The maximum absolute atomic E-state index is 5.74. The lowest BCUT2D eigenvalue weighted by Gasteiger charge is -2.49. The molecule has 23 heavy (non-hydrogen) atoms. The van der Waals surface area contributed by atoms with Gasteiger partial charge in [0.05, 0.1) is 5.82 Å². The largest absolute Gasteiger partial charge is 0.386 e. The highest BCUT2D eigenvalue weighted by Gasteiger charge is 2.50. The Labute approximate surface area is 140 Å². The summed E-state index contributed by atoms with van der Waals surface area (Å²) < 4.78 is 0. The lowest BCUT2D eigenvalue weighted by Crippen LogP contribution is -2.39. The minimum Gasteiger partial charge on any atom is -0.386 e. The van der Waals surface area contributed by atoms with Crippen LogP contribution in [0, 0.1) is 24.2 Å². The van der Waals surface area contributed by atoms with Gasteiger partial charge in [-0.3, -0.25) is 0 Å². The van der Waals surface area contributed by atoms with Crippen LogP contribution in [0.2, 0.25) is 0 Å². The Kier molecular flexibility index (Phi) is 3.48. The fourth-order valence-electron chi connectivity index (χ4n) is 6.04. The summed E-state index contributed by atoms with van der Waals surface area (Å²) >= 11 is 0. The zero-order valence-electron chi connectivity index (χ0n) is 14.6.